The predicted molar refractivity (Wildman–Crippen MR) is 91.6 cm³/mol. The summed E-state index contributed by atoms with van der Waals surface area (Å²) < 4.78 is 33.4. The van der Waals surface area contributed by atoms with Gasteiger partial charge >= 0.3 is 0 Å². The van der Waals surface area contributed by atoms with Gasteiger partial charge in [0.2, 0.25) is 0 Å². The molecule has 0 saturated carbocycles. The van der Waals surface area contributed by atoms with Gasteiger partial charge in [-0.3, -0.25) is 9.71 Å². The van der Waals surface area contributed by atoms with Gasteiger partial charge in [-0.25, -0.2) is 8.42 Å². The number of benzene rings is 1. The number of hydrogen-bond acceptors (Lipinski definition) is 4. The van der Waals surface area contributed by atoms with E-state index in [2.05, 4.69) is 9.71 Å². The molecule has 0 radical (unpaired) electrons. The first kappa shape index (κ1) is 17.3. The molecule has 0 amide bonds. The lowest BCUT2D eigenvalue weighted by molar-refractivity contribution is 0.406. The molecule has 124 valence electrons. The molecule has 1 aromatic carbocycles. The number of aryl methyl sites for hydroxylation is 2. The molecule has 5 nitrogen and oxygen atoms in total. The molecule has 6 heteroatoms. The minimum Gasteiger partial charge on any atom is -0.496 e. The zero-order valence-electron chi connectivity index (χ0n) is 14.0. The third kappa shape index (κ3) is 3.82. The number of pyridine rings is 1. The van der Waals surface area contributed by atoms with Crippen LogP contribution in [0.25, 0.3) is 0 Å². The molecular formula is C17H22N2O3S. The van der Waals surface area contributed by atoms with Crippen LogP contribution >= 0.6 is 0 Å². The van der Waals surface area contributed by atoms with Crippen molar-refractivity contribution < 1.29 is 13.2 Å². The first-order valence-corrected chi connectivity index (χ1v) is 8.87. The number of rotatable bonds is 5. The van der Waals surface area contributed by atoms with Gasteiger partial charge in [-0.1, -0.05) is 13.8 Å². The summed E-state index contributed by atoms with van der Waals surface area (Å²) in [7, 11) is -2.08. The van der Waals surface area contributed by atoms with Crippen LogP contribution in [0.15, 0.2) is 35.4 Å². The minimum atomic E-state index is -3.68. The molecule has 1 N–H and O–H groups in total. The summed E-state index contributed by atoms with van der Waals surface area (Å²) in [5, 5.41) is 0. The van der Waals surface area contributed by atoms with Crippen LogP contribution < -0.4 is 9.46 Å². The number of nitrogens with zero attached hydrogens (tertiary/aromatic N) is 1. The standard InChI is InChI=1S/C17H22N2O3S/c1-11(2)15-10-17(12(3)8-16(15)22-5)23(20,21)19-14-6-7-18-13(4)9-14/h6-11H,1-5H3,(H,18,19). The molecule has 0 spiro atoms. The Morgan fingerprint density at radius 1 is 1.17 bits per heavy atom. The molecule has 2 aromatic rings. The van der Waals surface area contributed by atoms with Crippen molar-refractivity contribution in [2.24, 2.45) is 0 Å². The third-order valence-electron chi connectivity index (χ3n) is 3.59. The maximum atomic E-state index is 12.7. The second-order valence-electron chi connectivity index (χ2n) is 5.81. The van der Waals surface area contributed by atoms with Crippen molar-refractivity contribution in [3.05, 3.63) is 47.3 Å². The van der Waals surface area contributed by atoms with E-state index in [1.54, 1.807) is 44.5 Å². The van der Waals surface area contributed by atoms with Crippen molar-refractivity contribution in [2.45, 2.75) is 38.5 Å². The number of nitrogens with one attached hydrogen (secondary N) is 1. The van der Waals surface area contributed by atoms with E-state index < -0.39 is 10.0 Å². The van der Waals surface area contributed by atoms with Crippen LogP contribution in [-0.4, -0.2) is 20.5 Å². The Labute approximate surface area is 137 Å². The lowest BCUT2D eigenvalue weighted by Crippen LogP contribution is -2.15. The van der Waals surface area contributed by atoms with Gasteiger partial charge in [0.15, 0.2) is 0 Å². The summed E-state index contributed by atoms with van der Waals surface area (Å²) >= 11 is 0. The van der Waals surface area contributed by atoms with Gasteiger partial charge in [-0.05, 0) is 55.2 Å². The van der Waals surface area contributed by atoms with Gasteiger partial charge in [-0.15, -0.1) is 0 Å². The fourth-order valence-electron chi connectivity index (χ4n) is 2.41. The summed E-state index contributed by atoms with van der Waals surface area (Å²) in [6.45, 7) is 7.58. The van der Waals surface area contributed by atoms with Gasteiger partial charge in [0.1, 0.15) is 5.75 Å². The molecule has 1 aromatic heterocycles. The predicted octanol–water partition coefficient (Wildman–Crippen LogP) is 3.63. The van der Waals surface area contributed by atoms with Gasteiger partial charge in [-0.2, -0.15) is 0 Å². The summed E-state index contributed by atoms with van der Waals surface area (Å²) in [6.07, 6.45) is 1.58. The lowest BCUT2D eigenvalue weighted by Gasteiger charge is -2.17. The molecule has 23 heavy (non-hydrogen) atoms. The van der Waals surface area contributed by atoms with Crippen LogP contribution in [0.3, 0.4) is 0 Å². The van der Waals surface area contributed by atoms with Crippen molar-refractivity contribution >= 4 is 15.7 Å². The Kier molecular flexibility index (Phi) is 4.94. The van der Waals surface area contributed by atoms with Gasteiger partial charge in [0.05, 0.1) is 17.7 Å². The monoisotopic (exact) mass is 334 g/mol. The van der Waals surface area contributed by atoms with E-state index in [4.69, 9.17) is 4.74 Å². The third-order valence-corrected chi connectivity index (χ3v) is 5.11. The molecule has 0 atom stereocenters. The second-order valence-corrected chi connectivity index (χ2v) is 7.46. The molecule has 0 bridgehead atoms. The maximum Gasteiger partial charge on any atom is 0.262 e. The highest BCUT2D eigenvalue weighted by Gasteiger charge is 2.21. The summed E-state index contributed by atoms with van der Waals surface area (Å²) in [5.41, 5.74) is 2.76. The fraction of sp³-hybridized carbons (Fsp3) is 0.353. The average Bonchev–Trinajstić information content (AvgIpc) is 2.45. The van der Waals surface area contributed by atoms with E-state index >= 15 is 0 Å². The van der Waals surface area contributed by atoms with E-state index in [0.29, 0.717) is 17.0 Å². The van der Waals surface area contributed by atoms with Crippen molar-refractivity contribution in [3.8, 4) is 5.75 Å². The normalized spacial score (nSPS) is 11.6. The second kappa shape index (κ2) is 6.58. The number of ether oxygens (including phenoxy) is 1. The number of sulfonamides is 1. The molecule has 0 aliphatic carbocycles. The largest absolute Gasteiger partial charge is 0.496 e. The summed E-state index contributed by atoms with van der Waals surface area (Å²) in [4.78, 5) is 4.33. The number of aromatic nitrogens is 1. The van der Waals surface area contributed by atoms with E-state index in [-0.39, 0.29) is 10.8 Å². The SMILES string of the molecule is COc1cc(C)c(S(=O)(=O)Nc2ccnc(C)c2)cc1C(C)C. The topological polar surface area (TPSA) is 68.3 Å². The highest BCUT2D eigenvalue weighted by atomic mass is 32.2. The van der Waals surface area contributed by atoms with Gasteiger partial charge in [0.25, 0.3) is 10.0 Å². The van der Waals surface area contributed by atoms with Crippen LogP contribution in [0.5, 0.6) is 5.75 Å². The van der Waals surface area contributed by atoms with Crippen molar-refractivity contribution in [1.82, 2.24) is 4.98 Å². The Morgan fingerprint density at radius 3 is 2.43 bits per heavy atom. The van der Waals surface area contributed by atoms with Gasteiger partial charge < -0.3 is 4.74 Å². The molecule has 0 unspecified atom stereocenters. The van der Waals surface area contributed by atoms with Crippen molar-refractivity contribution in [1.29, 1.82) is 0 Å². The van der Waals surface area contributed by atoms with Crippen LogP contribution in [0.4, 0.5) is 5.69 Å². The Hall–Kier alpha value is -2.08. The average molecular weight is 334 g/mol. The minimum absolute atomic E-state index is 0.155. The zero-order chi connectivity index (χ0) is 17.2. The van der Waals surface area contributed by atoms with E-state index in [0.717, 1.165) is 11.3 Å². The molecule has 1 heterocycles. The first-order valence-electron chi connectivity index (χ1n) is 7.38. The molecular weight excluding hydrogens is 312 g/mol. The first-order chi connectivity index (χ1) is 10.7. The van der Waals surface area contributed by atoms with Crippen LogP contribution in [0.2, 0.25) is 0 Å². The van der Waals surface area contributed by atoms with Crippen molar-refractivity contribution in [3.63, 3.8) is 0 Å². The van der Waals surface area contributed by atoms with Gasteiger partial charge in [0, 0.05) is 11.9 Å². The zero-order valence-corrected chi connectivity index (χ0v) is 14.9. The number of methoxy groups -OCH3 is 1. The Bertz CT molecular complexity index is 815. The number of anilines is 1. The molecule has 2 rings (SSSR count). The fourth-order valence-corrected chi connectivity index (χ4v) is 3.73. The molecule has 0 saturated heterocycles. The quantitative estimate of drug-likeness (QED) is 0.906. The maximum absolute atomic E-state index is 12.7. The van der Waals surface area contributed by atoms with Crippen LogP contribution in [0.1, 0.15) is 36.6 Å². The highest BCUT2D eigenvalue weighted by Crippen LogP contribution is 2.32. The summed E-state index contributed by atoms with van der Waals surface area (Å²) in [5.74, 6) is 0.860. The van der Waals surface area contributed by atoms with E-state index in [9.17, 15) is 8.42 Å². The van der Waals surface area contributed by atoms with E-state index in [1.165, 1.54) is 0 Å². The molecule has 0 aliphatic rings. The molecule has 0 aliphatic heterocycles. The molecule has 0 fully saturated rings. The Balaban J connectivity index is 2.49. The smallest absolute Gasteiger partial charge is 0.262 e. The lowest BCUT2D eigenvalue weighted by atomic mass is 10.0. The highest BCUT2D eigenvalue weighted by molar-refractivity contribution is 7.92. The van der Waals surface area contributed by atoms with Crippen LogP contribution in [-0.2, 0) is 10.0 Å². The van der Waals surface area contributed by atoms with Crippen molar-refractivity contribution in [2.75, 3.05) is 11.8 Å². The van der Waals surface area contributed by atoms with E-state index in [1.807, 2.05) is 20.8 Å². The Morgan fingerprint density at radius 2 is 1.87 bits per heavy atom. The number of hydrogen-bond donors (Lipinski definition) is 1. The van der Waals surface area contributed by atoms with Crippen LogP contribution in [0, 0.1) is 13.8 Å². The summed E-state index contributed by atoms with van der Waals surface area (Å²) in [6, 6.07) is 6.78.